The summed E-state index contributed by atoms with van der Waals surface area (Å²) in [4.78, 5) is 56.1. The van der Waals surface area contributed by atoms with Crippen molar-refractivity contribution >= 4 is 79.0 Å². The van der Waals surface area contributed by atoms with Crippen molar-refractivity contribution in [1.82, 2.24) is 65.1 Å². The number of H-pyrrole nitrogens is 3. The Bertz CT molecular complexity index is 4760. The summed E-state index contributed by atoms with van der Waals surface area (Å²) in [6, 6.07) is 25.0. The molecule has 3 saturated heterocycles. The number of aromatic nitrogens is 12. The van der Waals surface area contributed by atoms with E-state index in [2.05, 4.69) is 124 Å². The predicted molar refractivity (Wildman–Crippen MR) is 386 cm³/mol. The molecule has 99 heavy (non-hydrogen) atoms. The number of nitrogens with two attached hydrogens (primary N) is 1. The predicted octanol–water partition coefficient (Wildman–Crippen LogP) is 14.8. The second-order valence-electron chi connectivity index (χ2n) is 26.4. The van der Waals surface area contributed by atoms with Crippen LogP contribution in [0.4, 0.5) is 59.1 Å². The molecule has 0 amide bonds. The molecule has 3 fully saturated rings. The summed E-state index contributed by atoms with van der Waals surface area (Å²) in [6.07, 6.45) is 19.9. The van der Waals surface area contributed by atoms with E-state index >= 15 is 0 Å². The van der Waals surface area contributed by atoms with Gasteiger partial charge in [0.05, 0.1) is 58.0 Å². The number of aromatic amines is 3. The van der Waals surface area contributed by atoms with Gasteiger partial charge in [-0.1, -0.05) is 41.5 Å². The minimum Gasteiger partial charge on any atom is -0.385 e. The second kappa shape index (κ2) is 29.4. The Labute approximate surface area is 572 Å². The molecular weight excluding hydrogens is 1260 g/mol. The van der Waals surface area contributed by atoms with Crippen LogP contribution in [0.2, 0.25) is 0 Å². The zero-order valence-corrected chi connectivity index (χ0v) is 56.5. The average Bonchev–Trinajstić information content (AvgIpc) is 1.70. The summed E-state index contributed by atoms with van der Waals surface area (Å²) in [6.45, 7) is 20.4. The number of hydrogen-bond acceptors (Lipinski definition) is 18. The lowest BCUT2D eigenvalue weighted by Gasteiger charge is -2.35. The van der Waals surface area contributed by atoms with E-state index in [1.165, 1.54) is 36.4 Å². The van der Waals surface area contributed by atoms with Gasteiger partial charge in [0.25, 0.3) is 0 Å². The summed E-state index contributed by atoms with van der Waals surface area (Å²) in [7, 11) is 0. The van der Waals surface area contributed by atoms with Gasteiger partial charge in [-0.05, 0) is 154 Å². The second-order valence-corrected chi connectivity index (χ2v) is 26.4. The number of pyridine rings is 3. The molecule has 12 aromatic rings. The van der Waals surface area contributed by atoms with Crippen molar-refractivity contribution in [3.63, 3.8) is 0 Å². The number of nitrogens with one attached hydrogen (secondary N) is 7. The summed E-state index contributed by atoms with van der Waals surface area (Å²) in [5, 5.41) is 28.2. The quantitative estimate of drug-likeness (QED) is 0.0461. The van der Waals surface area contributed by atoms with Crippen LogP contribution in [0.25, 0.3) is 67.3 Å². The molecule has 3 aromatic carbocycles. The Morgan fingerprint density at radius 3 is 1.34 bits per heavy atom. The molecule has 0 saturated carbocycles. The maximum absolute atomic E-state index is 13.4. The van der Waals surface area contributed by atoms with Crippen molar-refractivity contribution in [3.8, 4) is 34.2 Å². The Morgan fingerprint density at radius 1 is 0.525 bits per heavy atom. The molecule has 9 aromatic heterocycles. The highest BCUT2D eigenvalue weighted by atomic mass is 19.1. The monoisotopic (exact) mass is 1340 g/mol. The zero-order valence-electron chi connectivity index (χ0n) is 56.5. The number of hydrogen-bond donors (Lipinski definition) is 9. The standard InChI is InChI=1S/C25H28FN7.2C25H27FN6O/c1-15(2)19-13-29-23(16-3-5-17(26)6-4-16)32-24(19)31-20-7-10-28-25-22(20)21(14-30-25)33-11-8-18(27)9-12-33;1-15(2)19-12-28-23(17-4-6-18(26)7-5-17)31-24(19)30-20-8-9-27-25-22(20)21(13-29-25)32-10-11-33-14-16(32)3;1-15(2)18-13-29-22(16-3-5-17(26)6-4-16)32-23(18)31-20-7-10-28-24-21(20)19(14-30-24)25(33)8-11-27-12-9-25/h3-7,10,13-15,18H,8-9,11-12,27H2,1-2H3,(H2,28,29,30,31,32);4-9,12-13,15-16H,10-11,14H2,1-3H3,(H2,27,28,29,30,31);3-7,10,13-15,27,33H,8-9,11-12H2,1-2H3,(H2,28,29,30,31,32). The van der Waals surface area contributed by atoms with Crippen molar-refractivity contribution in [2.45, 2.75) is 110 Å². The van der Waals surface area contributed by atoms with Crippen molar-refractivity contribution in [2.24, 2.45) is 5.73 Å². The van der Waals surface area contributed by atoms with Gasteiger partial charge < -0.3 is 61.6 Å². The van der Waals surface area contributed by atoms with E-state index < -0.39 is 5.60 Å². The Balaban J connectivity index is 0.000000133. The largest absolute Gasteiger partial charge is 0.385 e. The average molecular weight is 1340 g/mol. The summed E-state index contributed by atoms with van der Waals surface area (Å²) >= 11 is 0. The highest BCUT2D eigenvalue weighted by Gasteiger charge is 2.35. The number of fused-ring (bicyclic) bond motifs is 3. The van der Waals surface area contributed by atoms with Gasteiger partial charge in [-0.2, -0.15) is 0 Å². The van der Waals surface area contributed by atoms with Crippen LogP contribution in [0, 0.1) is 17.5 Å². The molecule has 24 heteroatoms. The third-order valence-corrected chi connectivity index (χ3v) is 18.6. The zero-order chi connectivity index (χ0) is 68.9. The third kappa shape index (κ3) is 14.8. The molecule has 510 valence electrons. The smallest absolute Gasteiger partial charge is 0.161 e. The Morgan fingerprint density at radius 2 is 0.919 bits per heavy atom. The van der Waals surface area contributed by atoms with E-state index in [1.54, 1.807) is 55.0 Å². The lowest BCUT2D eigenvalue weighted by atomic mass is 9.85. The van der Waals surface area contributed by atoms with Crippen LogP contribution in [0.1, 0.15) is 114 Å². The number of piperidine rings is 2. The fourth-order valence-corrected chi connectivity index (χ4v) is 13.0. The van der Waals surface area contributed by atoms with Gasteiger partial charge >= 0.3 is 0 Å². The highest BCUT2D eigenvalue weighted by molar-refractivity contribution is 6.03. The first-order valence-corrected chi connectivity index (χ1v) is 33.8. The fraction of sp³-hybridized carbons (Fsp3) is 0.320. The minimum atomic E-state index is -0.922. The molecular formula is C75H82F3N19O2. The molecule has 15 rings (SSSR count). The number of halogens is 3. The van der Waals surface area contributed by atoms with E-state index in [0.29, 0.717) is 55.0 Å². The van der Waals surface area contributed by atoms with E-state index in [0.717, 1.165) is 152 Å². The van der Waals surface area contributed by atoms with E-state index in [-0.39, 0.29) is 47.3 Å². The molecule has 3 aliphatic heterocycles. The Hall–Kier alpha value is -10.4. The van der Waals surface area contributed by atoms with E-state index in [1.807, 2.05) is 55.4 Å². The first-order chi connectivity index (χ1) is 47.9. The molecule has 10 N–H and O–H groups in total. The van der Waals surface area contributed by atoms with Crippen LogP contribution in [-0.2, 0) is 10.3 Å². The molecule has 1 unspecified atom stereocenters. The minimum absolute atomic E-state index is 0.186. The Kier molecular flexibility index (Phi) is 19.9. The van der Waals surface area contributed by atoms with Crippen LogP contribution >= 0.6 is 0 Å². The van der Waals surface area contributed by atoms with Crippen LogP contribution < -0.4 is 36.8 Å². The number of ether oxygens (including phenoxy) is 1. The highest BCUT2D eigenvalue weighted by Crippen LogP contribution is 2.42. The van der Waals surface area contributed by atoms with Gasteiger partial charge in [0.15, 0.2) is 17.5 Å². The number of benzene rings is 3. The molecule has 0 radical (unpaired) electrons. The van der Waals surface area contributed by atoms with Gasteiger partial charge in [-0.25, -0.2) is 58.0 Å². The van der Waals surface area contributed by atoms with Crippen molar-refractivity contribution in [2.75, 3.05) is 71.7 Å². The van der Waals surface area contributed by atoms with Gasteiger partial charge in [0, 0.05) is 132 Å². The molecule has 21 nitrogen and oxygen atoms in total. The van der Waals surface area contributed by atoms with Crippen molar-refractivity contribution in [3.05, 3.63) is 186 Å². The topological polar surface area (TPSA) is 273 Å². The van der Waals surface area contributed by atoms with Gasteiger partial charge in [-0.15, -0.1) is 0 Å². The van der Waals surface area contributed by atoms with Gasteiger partial charge in [0.1, 0.15) is 51.8 Å². The first kappa shape index (κ1) is 67.2. The number of aliphatic hydroxyl groups is 1. The first-order valence-electron chi connectivity index (χ1n) is 33.8. The number of rotatable bonds is 15. The maximum atomic E-state index is 13.4. The van der Waals surface area contributed by atoms with Gasteiger partial charge in [-0.3, -0.25) is 0 Å². The molecule has 3 aliphatic rings. The van der Waals surface area contributed by atoms with Crippen LogP contribution in [0.15, 0.2) is 147 Å². The molecule has 0 spiro atoms. The number of nitrogens with zero attached hydrogens (tertiary/aromatic N) is 11. The summed E-state index contributed by atoms with van der Waals surface area (Å²) in [5.74, 6) is 3.51. The molecule has 1 atom stereocenters. The number of morpholine rings is 1. The maximum Gasteiger partial charge on any atom is 0.161 e. The third-order valence-electron chi connectivity index (χ3n) is 18.6. The molecule has 0 aliphatic carbocycles. The summed E-state index contributed by atoms with van der Waals surface area (Å²) < 4.78 is 45.8. The number of anilines is 8. The van der Waals surface area contributed by atoms with Crippen LogP contribution in [-0.4, -0.2) is 123 Å². The lowest BCUT2D eigenvalue weighted by molar-refractivity contribution is 0.00736. The van der Waals surface area contributed by atoms with Gasteiger partial charge in [0.2, 0.25) is 0 Å². The lowest BCUT2D eigenvalue weighted by Crippen LogP contribution is -2.43. The van der Waals surface area contributed by atoms with Crippen molar-refractivity contribution < 1.29 is 23.0 Å². The fourth-order valence-electron chi connectivity index (χ4n) is 13.0. The van der Waals surface area contributed by atoms with Crippen molar-refractivity contribution in [1.29, 1.82) is 0 Å². The van der Waals surface area contributed by atoms with E-state index in [9.17, 15) is 18.3 Å². The molecule has 0 bridgehead atoms. The molecule has 12 heterocycles. The van der Waals surface area contributed by atoms with Crippen LogP contribution in [0.3, 0.4) is 0 Å². The van der Waals surface area contributed by atoms with Crippen LogP contribution in [0.5, 0.6) is 0 Å². The van der Waals surface area contributed by atoms with E-state index in [4.69, 9.17) is 25.4 Å². The summed E-state index contributed by atoms with van der Waals surface area (Å²) in [5.41, 5.74) is 18.5. The SMILES string of the molecule is CC(C)c1cnc(-c2ccc(F)cc2)nc1Nc1ccnc2[nH]cc(C3(O)CCNCC3)c12.CC(C)c1cnc(-c2ccc(F)cc2)nc1Nc1ccnc2[nH]cc(N3CCC(N)CC3)c12.CC(C)c1cnc(-c2ccc(F)cc2)nc1Nc1ccnc2[nH]cc(N3CCOCC3C)c12. The normalized spacial score (nSPS) is 15.7.